The van der Waals surface area contributed by atoms with Gasteiger partial charge in [0.1, 0.15) is 23.3 Å². The number of aliphatic carboxylic acids is 1. The molecule has 32 heavy (non-hydrogen) atoms. The number of aldehydes is 1. The Balaban J connectivity index is 0.000000469. The molecule has 6 N–H and O–H groups in total. The van der Waals surface area contributed by atoms with Gasteiger partial charge in [-0.2, -0.15) is 0 Å². The second kappa shape index (κ2) is 15.5. The molecule has 0 radical (unpaired) electrons. The van der Waals surface area contributed by atoms with Crippen molar-refractivity contribution in [2.24, 2.45) is 5.73 Å². The van der Waals surface area contributed by atoms with Crippen LogP contribution in [-0.2, 0) is 4.79 Å². The lowest BCUT2D eigenvalue weighted by atomic mass is 10.2. The van der Waals surface area contributed by atoms with Crippen molar-refractivity contribution < 1.29 is 24.2 Å². The number of hydrogen-bond donors (Lipinski definition) is 4. The first-order valence-corrected chi connectivity index (χ1v) is 10.1. The fourth-order valence-corrected chi connectivity index (χ4v) is 2.98. The van der Waals surface area contributed by atoms with Crippen LogP contribution in [-0.4, -0.2) is 47.9 Å². The Morgan fingerprint density at radius 3 is 2.12 bits per heavy atom. The van der Waals surface area contributed by atoms with Crippen LogP contribution in [0.5, 0.6) is 11.5 Å². The van der Waals surface area contributed by atoms with E-state index >= 15 is 0 Å². The SMILES string of the molecule is CC(=O)O.COc1cc(Br)cc(C=O)c1N.COc1cc(Br)cc2cncnc12.N=CN. The number of fused-ring (bicyclic) bond motifs is 1. The zero-order chi connectivity index (χ0) is 24.7. The number of aromatic nitrogens is 2. The number of carboxylic acid groups (broad SMARTS) is 1. The van der Waals surface area contributed by atoms with E-state index in [0.717, 1.165) is 38.9 Å². The number of carboxylic acids is 1. The molecule has 0 unspecified atom stereocenters. The maximum Gasteiger partial charge on any atom is 0.300 e. The van der Waals surface area contributed by atoms with Gasteiger partial charge in [-0.15, -0.1) is 0 Å². The molecule has 1 aromatic heterocycles. The molecule has 12 heteroatoms. The average molecular weight is 573 g/mol. The quantitative estimate of drug-likeness (QED) is 0.157. The van der Waals surface area contributed by atoms with Crippen molar-refractivity contribution in [3.63, 3.8) is 0 Å². The number of ether oxygens (including phenoxy) is 2. The fourth-order valence-electron chi connectivity index (χ4n) is 2.07. The average Bonchev–Trinajstić information content (AvgIpc) is 2.75. The van der Waals surface area contributed by atoms with Crippen LogP contribution in [0, 0.1) is 5.41 Å². The molecule has 0 aliphatic carbocycles. The Morgan fingerprint density at radius 1 is 1.12 bits per heavy atom. The number of nitrogens with one attached hydrogen (secondary N) is 1. The molecule has 0 amide bonds. The van der Waals surface area contributed by atoms with Crippen LogP contribution >= 0.6 is 31.9 Å². The standard InChI is InChI=1S/C9H7BrN2O.C8H8BrNO2.C2H4O2.CH4N2/c1-13-8-3-7(10)2-6-4-11-5-12-9(6)8;1-12-7-3-6(9)2-5(4-11)8(7)10;1-2(3)4;2-1-3/h2-5H,1H3;2-4H,10H2,1H3;1H3,(H,3,4);1H,(H3,2,3). The molecule has 3 rings (SSSR count). The van der Waals surface area contributed by atoms with E-state index in [9.17, 15) is 4.79 Å². The van der Waals surface area contributed by atoms with E-state index in [0.29, 0.717) is 23.3 Å². The van der Waals surface area contributed by atoms with Gasteiger partial charge in [-0.3, -0.25) is 15.0 Å². The summed E-state index contributed by atoms with van der Waals surface area (Å²) >= 11 is 6.62. The molecule has 0 atom stereocenters. The first-order valence-electron chi connectivity index (χ1n) is 8.56. The number of methoxy groups -OCH3 is 2. The summed E-state index contributed by atoms with van der Waals surface area (Å²) in [6, 6.07) is 7.19. The number of rotatable bonds is 3. The van der Waals surface area contributed by atoms with Gasteiger partial charge in [-0.05, 0) is 24.3 Å². The van der Waals surface area contributed by atoms with Gasteiger partial charge in [0.25, 0.3) is 5.97 Å². The lowest BCUT2D eigenvalue weighted by Gasteiger charge is -2.06. The highest BCUT2D eigenvalue weighted by Gasteiger charge is 2.06. The number of benzene rings is 2. The molecule has 3 aromatic rings. The highest BCUT2D eigenvalue weighted by molar-refractivity contribution is 9.10. The minimum atomic E-state index is -0.833. The molecule has 0 aliphatic heterocycles. The maximum absolute atomic E-state index is 10.5. The second-order valence-electron chi connectivity index (χ2n) is 5.48. The highest BCUT2D eigenvalue weighted by Crippen LogP contribution is 2.29. The molecule has 0 aliphatic rings. The third-order valence-electron chi connectivity index (χ3n) is 3.24. The first kappa shape index (κ1) is 28.8. The van der Waals surface area contributed by atoms with Crippen molar-refractivity contribution >= 4 is 67.0 Å². The van der Waals surface area contributed by atoms with E-state index in [1.54, 1.807) is 25.4 Å². The number of carbonyl (C=O) groups is 2. The van der Waals surface area contributed by atoms with Crippen molar-refractivity contribution in [3.05, 3.63) is 51.3 Å². The molecule has 172 valence electrons. The van der Waals surface area contributed by atoms with Gasteiger partial charge in [-0.1, -0.05) is 31.9 Å². The Bertz CT molecular complexity index is 1050. The summed E-state index contributed by atoms with van der Waals surface area (Å²) in [5.41, 5.74) is 11.6. The monoisotopic (exact) mass is 571 g/mol. The summed E-state index contributed by atoms with van der Waals surface area (Å²) < 4.78 is 11.9. The zero-order valence-electron chi connectivity index (χ0n) is 17.5. The van der Waals surface area contributed by atoms with Gasteiger partial charge in [0.05, 0.1) is 26.2 Å². The summed E-state index contributed by atoms with van der Waals surface area (Å²) in [6.45, 7) is 1.08. The topological polar surface area (TPSA) is 175 Å². The summed E-state index contributed by atoms with van der Waals surface area (Å²) in [5, 5.41) is 14.2. The first-order chi connectivity index (χ1) is 15.1. The summed E-state index contributed by atoms with van der Waals surface area (Å²) in [6.07, 6.45) is 4.72. The van der Waals surface area contributed by atoms with Crippen molar-refractivity contribution in [1.82, 2.24) is 9.97 Å². The van der Waals surface area contributed by atoms with Crippen LogP contribution in [0.3, 0.4) is 0 Å². The van der Waals surface area contributed by atoms with Crippen molar-refractivity contribution in [1.29, 1.82) is 5.41 Å². The largest absolute Gasteiger partial charge is 0.495 e. The summed E-state index contributed by atoms with van der Waals surface area (Å²) in [7, 11) is 3.13. The van der Waals surface area contributed by atoms with Crippen LogP contribution in [0.2, 0.25) is 0 Å². The van der Waals surface area contributed by atoms with Gasteiger partial charge in [-0.25, -0.2) is 9.97 Å². The molecule has 0 saturated heterocycles. The van der Waals surface area contributed by atoms with Crippen LogP contribution in [0.1, 0.15) is 17.3 Å². The molecule has 0 fully saturated rings. The lowest BCUT2D eigenvalue weighted by molar-refractivity contribution is -0.134. The molecule has 2 aromatic carbocycles. The summed E-state index contributed by atoms with van der Waals surface area (Å²) in [4.78, 5) is 27.6. The van der Waals surface area contributed by atoms with Crippen molar-refractivity contribution in [3.8, 4) is 11.5 Å². The number of nitrogens with zero attached hydrogens (tertiary/aromatic N) is 2. The molecule has 10 nitrogen and oxygen atoms in total. The number of nitrogen functional groups attached to an aromatic ring is 1. The maximum atomic E-state index is 10.5. The third-order valence-corrected chi connectivity index (χ3v) is 4.16. The van der Waals surface area contributed by atoms with E-state index in [4.69, 9.17) is 30.5 Å². The van der Waals surface area contributed by atoms with Crippen LogP contribution in [0.15, 0.2) is 45.7 Å². The van der Waals surface area contributed by atoms with Crippen molar-refractivity contribution in [2.45, 2.75) is 6.92 Å². The molecule has 0 saturated carbocycles. The lowest BCUT2D eigenvalue weighted by Crippen LogP contribution is -1.97. The Morgan fingerprint density at radius 2 is 1.62 bits per heavy atom. The molecule has 0 spiro atoms. The summed E-state index contributed by atoms with van der Waals surface area (Å²) in [5.74, 6) is 0.429. The van der Waals surface area contributed by atoms with E-state index in [-0.39, 0.29) is 0 Å². The minimum Gasteiger partial charge on any atom is -0.495 e. The van der Waals surface area contributed by atoms with E-state index < -0.39 is 5.97 Å². The molecular formula is C20H23Br2N5O5. The number of halogens is 2. The smallest absolute Gasteiger partial charge is 0.300 e. The molecule has 0 bridgehead atoms. The number of anilines is 1. The van der Waals surface area contributed by atoms with Gasteiger partial charge in [0, 0.05) is 33.0 Å². The number of carbonyl (C=O) groups excluding carboxylic acids is 1. The van der Waals surface area contributed by atoms with Gasteiger partial charge >= 0.3 is 0 Å². The predicted octanol–water partition coefficient (Wildman–Crippen LogP) is 3.90. The minimum absolute atomic E-state index is 0.371. The van der Waals surface area contributed by atoms with Crippen LogP contribution in [0.4, 0.5) is 5.69 Å². The molecule has 1 heterocycles. The van der Waals surface area contributed by atoms with E-state index in [1.807, 2.05) is 12.1 Å². The highest BCUT2D eigenvalue weighted by atomic mass is 79.9. The Labute approximate surface area is 201 Å². The van der Waals surface area contributed by atoms with Gasteiger partial charge in [0.15, 0.2) is 6.29 Å². The van der Waals surface area contributed by atoms with Crippen LogP contribution in [0.25, 0.3) is 10.9 Å². The van der Waals surface area contributed by atoms with Gasteiger partial charge < -0.3 is 26.0 Å². The Kier molecular flexibility index (Phi) is 14.0. The van der Waals surface area contributed by atoms with E-state index in [1.165, 1.54) is 13.4 Å². The predicted molar refractivity (Wildman–Crippen MR) is 131 cm³/mol. The van der Waals surface area contributed by atoms with Crippen LogP contribution < -0.4 is 20.9 Å². The molecular weight excluding hydrogens is 550 g/mol. The van der Waals surface area contributed by atoms with E-state index in [2.05, 4.69) is 47.6 Å². The van der Waals surface area contributed by atoms with Gasteiger partial charge in [0.2, 0.25) is 0 Å². The zero-order valence-corrected chi connectivity index (χ0v) is 20.7. The number of nitrogens with two attached hydrogens (primary N) is 2. The normalized spacial score (nSPS) is 8.91. The second-order valence-corrected chi connectivity index (χ2v) is 7.31. The fraction of sp³-hybridized carbons (Fsp3) is 0.150. The van der Waals surface area contributed by atoms with Crippen molar-refractivity contribution in [2.75, 3.05) is 20.0 Å². The number of hydrogen-bond acceptors (Lipinski definition) is 8. The third kappa shape index (κ3) is 10.2. The Hall–Kier alpha value is -3.25.